The Labute approximate surface area is 139 Å². The van der Waals surface area contributed by atoms with Crippen LogP contribution in [0.1, 0.15) is 20.2 Å². The summed E-state index contributed by atoms with van der Waals surface area (Å²) in [4.78, 5) is 9.04. The Bertz CT molecular complexity index is 662. The van der Waals surface area contributed by atoms with E-state index in [1.807, 2.05) is 56.3 Å². The minimum Gasteiger partial charge on any atom is -0.233 e. The Morgan fingerprint density at radius 3 is 1.48 bits per heavy atom. The van der Waals surface area contributed by atoms with Gasteiger partial charge in [-0.2, -0.15) is 0 Å². The van der Waals surface area contributed by atoms with E-state index in [-0.39, 0.29) is 7.43 Å². The Kier molecular flexibility index (Phi) is 7.41. The van der Waals surface area contributed by atoms with E-state index in [9.17, 15) is 0 Å². The standard InChI is InChI=1S/C17H14N2.C3H6.CH4/c1-13-18-16(14-8-4-2-5-9-14)12-17(19-13)15-10-6-3-7-11-15;1-3-2;/h2-12H,1H3;3H,1H2,2H3;1H4. The van der Waals surface area contributed by atoms with Gasteiger partial charge in [0, 0.05) is 11.1 Å². The molecule has 118 valence electrons. The summed E-state index contributed by atoms with van der Waals surface area (Å²) in [6.07, 6.45) is 1.75. The first kappa shape index (κ1) is 18.3. The Balaban J connectivity index is 0.000000615. The molecule has 0 spiro atoms. The molecule has 0 saturated heterocycles. The van der Waals surface area contributed by atoms with Crippen molar-refractivity contribution in [3.63, 3.8) is 0 Å². The van der Waals surface area contributed by atoms with Crippen LogP contribution in [0.4, 0.5) is 0 Å². The second kappa shape index (κ2) is 9.31. The molecule has 0 N–H and O–H groups in total. The van der Waals surface area contributed by atoms with Crippen LogP contribution in [-0.4, -0.2) is 9.97 Å². The molecule has 0 aliphatic heterocycles. The highest BCUT2D eigenvalue weighted by atomic mass is 14.9. The van der Waals surface area contributed by atoms with Crippen LogP contribution in [0.3, 0.4) is 0 Å². The summed E-state index contributed by atoms with van der Waals surface area (Å²) in [7, 11) is 0. The van der Waals surface area contributed by atoms with Gasteiger partial charge < -0.3 is 0 Å². The smallest absolute Gasteiger partial charge is 0.126 e. The lowest BCUT2D eigenvalue weighted by Gasteiger charge is -2.06. The van der Waals surface area contributed by atoms with Crippen LogP contribution in [0.5, 0.6) is 0 Å². The second-order valence-electron chi connectivity index (χ2n) is 4.83. The van der Waals surface area contributed by atoms with Gasteiger partial charge >= 0.3 is 0 Å². The molecule has 1 aromatic heterocycles. The van der Waals surface area contributed by atoms with Crippen LogP contribution in [0.25, 0.3) is 22.5 Å². The number of aryl methyl sites for hydroxylation is 1. The Morgan fingerprint density at radius 1 is 0.783 bits per heavy atom. The van der Waals surface area contributed by atoms with Crippen molar-refractivity contribution in [1.29, 1.82) is 0 Å². The quantitative estimate of drug-likeness (QED) is 0.547. The van der Waals surface area contributed by atoms with Crippen LogP contribution >= 0.6 is 0 Å². The molecule has 0 aliphatic carbocycles. The minimum absolute atomic E-state index is 0. The maximum Gasteiger partial charge on any atom is 0.126 e. The summed E-state index contributed by atoms with van der Waals surface area (Å²) >= 11 is 0. The number of benzene rings is 2. The molecule has 0 radical (unpaired) electrons. The molecule has 3 rings (SSSR count). The van der Waals surface area contributed by atoms with E-state index >= 15 is 0 Å². The molecule has 0 saturated carbocycles. The van der Waals surface area contributed by atoms with Gasteiger partial charge in [-0.05, 0) is 19.9 Å². The van der Waals surface area contributed by atoms with E-state index in [1.54, 1.807) is 6.08 Å². The van der Waals surface area contributed by atoms with E-state index in [2.05, 4.69) is 40.8 Å². The van der Waals surface area contributed by atoms with Gasteiger partial charge in [0.2, 0.25) is 0 Å². The lowest BCUT2D eigenvalue weighted by molar-refractivity contribution is 1.06. The highest BCUT2D eigenvalue weighted by molar-refractivity contribution is 5.67. The van der Waals surface area contributed by atoms with Crippen molar-refractivity contribution in [1.82, 2.24) is 9.97 Å². The molecule has 23 heavy (non-hydrogen) atoms. The van der Waals surface area contributed by atoms with E-state index < -0.39 is 0 Å². The molecule has 1 heterocycles. The van der Waals surface area contributed by atoms with Gasteiger partial charge in [-0.15, -0.1) is 6.58 Å². The average Bonchev–Trinajstić information content (AvgIpc) is 2.57. The summed E-state index contributed by atoms with van der Waals surface area (Å²) < 4.78 is 0. The van der Waals surface area contributed by atoms with Crippen molar-refractivity contribution in [2.45, 2.75) is 21.3 Å². The first-order valence-electron chi connectivity index (χ1n) is 7.28. The largest absolute Gasteiger partial charge is 0.233 e. The van der Waals surface area contributed by atoms with Crippen LogP contribution in [0.2, 0.25) is 0 Å². The molecule has 0 unspecified atom stereocenters. The van der Waals surface area contributed by atoms with Gasteiger partial charge in [0.15, 0.2) is 0 Å². The number of nitrogens with zero attached hydrogens (tertiary/aromatic N) is 2. The number of rotatable bonds is 2. The third-order valence-corrected chi connectivity index (χ3v) is 2.98. The van der Waals surface area contributed by atoms with Crippen molar-refractivity contribution >= 4 is 0 Å². The van der Waals surface area contributed by atoms with Crippen LogP contribution < -0.4 is 0 Å². The number of hydrogen-bond acceptors (Lipinski definition) is 2. The summed E-state index contributed by atoms with van der Waals surface area (Å²) in [6, 6.07) is 22.4. The zero-order valence-corrected chi connectivity index (χ0v) is 13.0. The molecule has 0 atom stereocenters. The van der Waals surface area contributed by atoms with Crippen molar-refractivity contribution in [3.8, 4) is 22.5 Å². The number of allylic oxidation sites excluding steroid dienone is 1. The number of aromatic nitrogens is 2. The Morgan fingerprint density at radius 2 is 1.13 bits per heavy atom. The van der Waals surface area contributed by atoms with Gasteiger partial charge in [-0.1, -0.05) is 74.2 Å². The summed E-state index contributed by atoms with van der Waals surface area (Å²) in [6.45, 7) is 7.18. The Hall–Kier alpha value is -2.74. The summed E-state index contributed by atoms with van der Waals surface area (Å²) in [5, 5.41) is 0. The average molecular weight is 304 g/mol. The molecule has 3 aromatic rings. The fourth-order valence-corrected chi connectivity index (χ4v) is 2.08. The topological polar surface area (TPSA) is 25.8 Å². The van der Waals surface area contributed by atoms with E-state index in [0.717, 1.165) is 28.3 Å². The lowest BCUT2D eigenvalue weighted by Crippen LogP contribution is -1.94. The summed E-state index contributed by atoms with van der Waals surface area (Å²) in [5.74, 6) is 0.792. The third-order valence-electron chi connectivity index (χ3n) is 2.98. The second-order valence-corrected chi connectivity index (χ2v) is 4.83. The highest BCUT2D eigenvalue weighted by Crippen LogP contribution is 2.23. The van der Waals surface area contributed by atoms with Gasteiger partial charge in [-0.3, -0.25) is 0 Å². The fraction of sp³-hybridized carbons (Fsp3) is 0.143. The molecule has 0 amide bonds. The van der Waals surface area contributed by atoms with Gasteiger partial charge in [0.25, 0.3) is 0 Å². The molecular weight excluding hydrogens is 280 g/mol. The zero-order valence-electron chi connectivity index (χ0n) is 13.0. The first-order chi connectivity index (χ1) is 10.7. The number of hydrogen-bond donors (Lipinski definition) is 0. The minimum atomic E-state index is 0. The normalized spacial score (nSPS) is 9.13. The molecule has 2 heteroatoms. The lowest BCUT2D eigenvalue weighted by atomic mass is 10.1. The SMILES string of the molecule is C.C=CC.Cc1nc(-c2ccccc2)cc(-c2ccccc2)n1. The third kappa shape index (κ3) is 5.19. The van der Waals surface area contributed by atoms with Gasteiger partial charge in [0.05, 0.1) is 11.4 Å². The predicted molar refractivity (Wildman–Crippen MR) is 100 cm³/mol. The maximum atomic E-state index is 4.52. The van der Waals surface area contributed by atoms with Gasteiger partial charge in [-0.25, -0.2) is 9.97 Å². The fourth-order valence-electron chi connectivity index (χ4n) is 2.08. The molecule has 0 aliphatic rings. The highest BCUT2D eigenvalue weighted by Gasteiger charge is 2.05. The van der Waals surface area contributed by atoms with Crippen molar-refractivity contribution in [2.75, 3.05) is 0 Å². The van der Waals surface area contributed by atoms with Crippen LogP contribution in [-0.2, 0) is 0 Å². The molecule has 2 aromatic carbocycles. The molecule has 2 nitrogen and oxygen atoms in total. The van der Waals surface area contributed by atoms with Crippen molar-refractivity contribution in [2.24, 2.45) is 0 Å². The van der Waals surface area contributed by atoms with E-state index in [0.29, 0.717) is 0 Å². The van der Waals surface area contributed by atoms with Gasteiger partial charge in [0.1, 0.15) is 5.82 Å². The van der Waals surface area contributed by atoms with E-state index in [4.69, 9.17) is 0 Å². The molecule has 0 bridgehead atoms. The van der Waals surface area contributed by atoms with E-state index in [1.165, 1.54) is 0 Å². The van der Waals surface area contributed by atoms with Crippen LogP contribution in [0.15, 0.2) is 79.4 Å². The first-order valence-corrected chi connectivity index (χ1v) is 7.28. The maximum absolute atomic E-state index is 4.52. The molecule has 0 fully saturated rings. The monoisotopic (exact) mass is 304 g/mol. The van der Waals surface area contributed by atoms with Crippen LogP contribution in [0, 0.1) is 6.92 Å². The van der Waals surface area contributed by atoms with Crippen molar-refractivity contribution in [3.05, 3.63) is 85.2 Å². The van der Waals surface area contributed by atoms with Crippen molar-refractivity contribution < 1.29 is 0 Å². The predicted octanol–water partition coefficient (Wildman–Crippen LogP) is 5.95. The summed E-state index contributed by atoms with van der Waals surface area (Å²) in [5.41, 5.74) is 4.16. The zero-order chi connectivity index (χ0) is 15.8. The molecular formula is C21H24N2.